The van der Waals surface area contributed by atoms with Gasteiger partial charge < -0.3 is 5.32 Å². The Morgan fingerprint density at radius 3 is 2.62 bits per heavy atom. The molecule has 0 spiro atoms. The van der Waals surface area contributed by atoms with E-state index in [1.54, 1.807) is 25.3 Å². The molecule has 16 heavy (non-hydrogen) atoms. The first-order valence-electron chi connectivity index (χ1n) is 4.88. The van der Waals surface area contributed by atoms with Crippen molar-refractivity contribution in [2.75, 3.05) is 11.8 Å². The Labute approximate surface area is 105 Å². The molecule has 3 nitrogen and oxygen atoms in total. The topological polar surface area (TPSA) is 42.0 Å². The molecule has 0 unspecified atom stereocenters. The SMILES string of the molecule is Cc1cc(C(=O)NC(C)(CCl)CCl)ccn1. The zero-order chi connectivity index (χ0) is 12.2. The standard InChI is InChI=1S/C11H14Cl2N2O/c1-8-5-9(3-4-14-8)10(16)15-11(2,6-12)7-13/h3-5H,6-7H2,1-2H3,(H,15,16). The van der Waals surface area contributed by atoms with E-state index in [1.165, 1.54) is 0 Å². The van der Waals surface area contributed by atoms with Crippen molar-refractivity contribution in [3.8, 4) is 0 Å². The molecule has 0 bridgehead atoms. The van der Waals surface area contributed by atoms with Crippen molar-refractivity contribution < 1.29 is 4.79 Å². The summed E-state index contributed by atoms with van der Waals surface area (Å²) in [7, 11) is 0. The third-order valence-electron chi connectivity index (χ3n) is 2.16. The predicted octanol–water partition coefficient (Wildman–Crippen LogP) is 2.36. The minimum Gasteiger partial charge on any atom is -0.344 e. The number of rotatable bonds is 4. The number of aromatic nitrogens is 1. The first-order chi connectivity index (χ1) is 7.50. The van der Waals surface area contributed by atoms with Crippen molar-refractivity contribution in [2.24, 2.45) is 0 Å². The van der Waals surface area contributed by atoms with Crippen LogP contribution in [0.25, 0.3) is 0 Å². The minimum atomic E-state index is -0.586. The van der Waals surface area contributed by atoms with Gasteiger partial charge in [-0.3, -0.25) is 9.78 Å². The summed E-state index contributed by atoms with van der Waals surface area (Å²) in [6.07, 6.45) is 1.60. The van der Waals surface area contributed by atoms with Gasteiger partial charge in [0.2, 0.25) is 0 Å². The third kappa shape index (κ3) is 3.35. The molecule has 0 aromatic carbocycles. The van der Waals surface area contributed by atoms with Gasteiger partial charge in [0.05, 0.1) is 5.54 Å². The summed E-state index contributed by atoms with van der Waals surface area (Å²) in [6, 6.07) is 3.38. The number of nitrogens with one attached hydrogen (secondary N) is 1. The Balaban J connectivity index is 2.80. The Morgan fingerprint density at radius 2 is 2.12 bits per heavy atom. The number of carbonyl (C=O) groups is 1. The molecular formula is C11H14Cl2N2O. The number of nitrogens with zero attached hydrogens (tertiary/aromatic N) is 1. The maximum Gasteiger partial charge on any atom is 0.251 e. The molecule has 1 aromatic rings. The zero-order valence-corrected chi connectivity index (χ0v) is 10.8. The lowest BCUT2D eigenvalue weighted by molar-refractivity contribution is 0.0921. The lowest BCUT2D eigenvalue weighted by Crippen LogP contribution is -2.49. The number of pyridine rings is 1. The minimum absolute atomic E-state index is 0.186. The lowest BCUT2D eigenvalue weighted by Gasteiger charge is -2.25. The fourth-order valence-electron chi connectivity index (χ4n) is 1.14. The fourth-order valence-corrected chi connectivity index (χ4v) is 1.55. The van der Waals surface area contributed by atoms with Crippen LogP contribution >= 0.6 is 23.2 Å². The maximum atomic E-state index is 11.9. The van der Waals surface area contributed by atoms with E-state index in [4.69, 9.17) is 23.2 Å². The van der Waals surface area contributed by atoms with Crippen LogP contribution in [0.3, 0.4) is 0 Å². The van der Waals surface area contributed by atoms with Gasteiger partial charge in [-0.25, -0.2) is 0 Å². The van der Waals surface area contributed by atoms with Crippen molar-refractivity contribution in [1.29, 1.82) is 0 Å². The van der Waals surface area contributed by atoms with Crippen molar-refractivity contribution in [2.45, 2.75) is 19.4 Å². The summed E-state index contributed by atoms with van der Waals surface area (Å²) in [6.45, 7) is 3.64. The smallest absolute Gasteiger partial charge is 0.251 e. The highest BCUT2D eigenvalue weighted by Gasteiger charge is 2.24. The van der Waals surface area contributed by atoms with Crippen LogP contribution in [-0.4, -0.2) is 28.2 Å². The molecule has 0 aliphatic rings. The van der Waals surface area contributed by atoms with Crippen LogP contribution in [0, 0.1) is 6.92 Å². The first kappa shape index (κ1) is 13.3. The normalized spacial score (nSPS) is 11.2. The first-order valence-corrected chi connectivity index (χ1v) is 5.95. The van der Waals surface area contributed by atoms with E-state index in [2.05, 4.69) is 10.3 Å². The van der Waals surface area contributed by atoms with E-state index in [0.29, 0.717) is 5.56 Å². The van der Waals surface area contributed by atoms with Gasteiger partial charge in [-0.05, 0) is 26.0 Å². The average molecular weight is 261 g/mol. The third-order valence-corrected chi connectivity index (χ3v) is 3.34. The summed E-state index contributed by atoms with van der Waals surface area (Å²) >= 11 is 11.5. The summed E-state index contributed by atoms with van der Waals surface area (Å²) in [5.41, 5.74) is 0.775. The molecule has 1 aromatic heterocycles. The summed E-state index contributed by atoms with van der Waals surface area (Å²) in [4.78, 5) is 15.9. The van der Waals surface area contributed by atoms with Gasteiger partial charge in [0.25, 0.3) is 5.91 Å². The zero-order valence-electron chi connectivity index (χ0n) is 9.26. The molecule has 0 saturated heterocycles. The molecule has 0 aliphatic carbocycles. The fraction of sp³-hybridized carbons (Fsp3) is 0.455. The van der Waals surface area contributed by atoms with E-state index in [0.717, 1.165) is 5.69 Å². The molecular weight excluding hydrogens is 247 g/mol. The summed E-state index contributed by atoms with van der Waals surface area (Å²) in [5, 5.41) is 2.81. The predicted molar refractivity (Wildman–Crippen MR) is 66.3 cm³/mol. The number of hydrogen-bond donors (Lipinski definition) is 1. The molecule has 0 fully saturated rings. The van der Waals surface area contributed by atoms with Gasteiger partial charge in [-0.15, -0.1) is 23.2 Å². The van der Waals surface area contributed by atoms with Crippen LogP contribution in [0.15, 0.2) is 18.3 Å². The molecule has 0 saturated carbocycles. The molecule has 88 valence electrons. The van der Waals surface area contributed by atoms with Gasteiger partial charge in [0.1, 0.15) is 0 Å². The lowest BCUT2D eigenvalue weighted by atomic mass is 10.1. The largest absolute Gasteiger partial charge is 0.344 e. The molecule has 1 amide bonds. The summed E-state index contributed by atoms with van der Waals surface area (Å²) in [5.74, 6) is 0.354. The highest BCUT2D eigenvalue weighted by atomic mass is 35.5. The summed E-state index contributed by atoms with van der Waals surface area (Å²) < 4.78 is 0. The molecule has 0 atom stereocenters. The Kier molecular flexibility index (Phi) is 4.56. The molecule has 1 N–H and O–H groups in total. The average Bonchev–Trinajstić information content (AvgIpc) is 2.29. The van der Waals surface area contributed by atoms with Gasteiger partial charge in [-0.2, -0.15) is 0 Å². The van der Waals surface area contributed by atoms with Crippen LogP contribution < -0.4 is 5.32 Å². The van der Waals surface area contributed by atoms with Crippen molar-refractivity contribution >= 4 is 29.1 Å². The van der Waals surface area contributed by atoms with Crippen LogP contribution in [0.2, 0.25) is 0 Å². The molecule has 0 radical (unpaired) electrons. The van der Waals surface area contributed by atoms with Gasteiger partial charge in [0, 0.05) is 29.2 Å². The van der Waals surface area contributed by atoms with Crippen LogP contribution in [0.5, 0.6) is 0 Å². The van der Waals surface area contributed by atoms with Crippen LogP contribution in [-0.2, 0) is 0 Å². The van der Waals surface area contributed by atoms with E-state index in [9.17, 15) is 4.79 Å². The molecule has 5 heteroatoms. The van der Waals surface area contributed by atoms with E-state index < -0.39 is 5.54 Å². The highest BCUT2D eigenvalue weighted by molar-refractivity contribution is 6.22. The van der Waals surface area contributed by atoms with Crippen molar-refractivity contribution in [3.63, 3.8) is 0 Å². The van der Waals surface area contributed by atoms with E-state index >= 15 is 0 Å². The molecule has 1 rings (SSSR count). The van der Waals surface area contributed by atoms with Crippen LogP contribution in [0.4, 0.5) is 0 Å². The van der Waals surface area contributed by atoms with Gasteiger partial charge in [-0.1, -0.05) is 0 Å². The van der Waals surface area contributed by atoms with Crippen LogP contribution in [0.1, 0.15) is 23.0 Å². The van der Waals surface area contributed by atoms with E-state index in [1.807, 2.05) is 6.92 Å². The highest BCUT2D eigenvalue weighted by Crippen LogP contribution is 2.11. The second-order valence-electron chi connectivity index (χ2n) is 3.97. The Morgan fingerprint density at radius 1 is 1.50 bits per heavy atom. The van der Waals surface area contributed by atoms with Crippen molar-refractivity contribution in [3.05, 3.63) is 29.6 Å². The van der Waals surface area contributed by atoms with Gasteiger partial charge in [0.15, 0.2) is 0 Å². The Hall–Kier alpha value is -0.800. The molecule has 1 heterocycles. The number of amides is 1. The monoisotopic (exact) mass is 260 g/mol. The second kappa shape index (κ2) is 5.51. The quantitative estimate of drug-likeness (QED) is 0.845. The number of aryl methyl sites for hydroxylation is 1. The number of halogens is 2. The maximum absolute atomic E-state index is 11.9. The van der Waals surface area contributed by atoms with Crippen molar-refractivity contribution in [1.82, 2.24) is 10.3 Å². The number of hydrogen-bond acceptors (Lipinski definition) is 2. The Bertz CT molecular complexity index is 378. The number of alkyl halides is 2. The number of carbonyl (C=O) groups excluding carboxylic acids is 1. The molecule has 0 aliphatic heterocycles. The van der Waals surface area contributed by atoms with Gasteiger partial charge >= 0.3 is 0 Å². The van der Waals surface area contributed by atoms with E-state index in [-0.39, 0.29) is 17.7 Å². The second-order valence-corrected chi connectivity index (χ2v) is 4.50.